The van der Waals surface area contributed by atoms with E-state index in [1.807, 2.05) is 43.3 Å². The number of carboxylic acid groups (broad SMARTS) is 1. The summed E-state index contributed by atoms with van der Waals surface area (Å²) in [6.07, 6.45) is 0.424. The van der Waals surface area contributed by atoms with Crippen LogP contribution in [0.2, 0.25) is 5.02 Å². The predicted octanol–water partition coefficient (Wildman–Crippen LogP) is 3.83. The highest BCUT2D eigenvalue weighted by atomic mass is 35.5. The van der Waals surface area contributed by atoms with Crippen LogP contribution in [0, 0.1) is 6.92 Å². The molecule has 0 amide bonds. The van der Waals surface area contributed by atoms with Gasteiger partial charge in [0.15, 0.2) is 0 Å². The molecule has 2 atom stereocenters. The van der Waals surface area contributed by atoms with E-state index in [1.165, 1.54) is 0 Å². The van der Waals surface area contributed by atoms with Gasteiger partial charge in [0.1, 0.15) is 11.8 Å². The third kappa shape index (κ3) is 2.64. The molecule has 6 heteroatoms. The summed E-state index contributed by atoms with van der Waals surface area (Å²) in [4.78, 5) is 15.2. The first-order valence-electron chi connectivity index (χ1n) is 8.42. The van der Waals surface area contributed by atoms with Gasteiger partial charge in [-0.15, -0.1) is 0 Å². The lowest BCUT2D eigenvalue weighted by Crippen LogP contribution is -2.45. The van der Waals surface area contributed by atoms with E-state index < -0.39 is 12.0 Å². The summed E-state index contributed by atoms with van der Waals surface area (Å²) in [6.45, 7) is 1.91. The van der Waals surface area contributed by atoms with Gasteiger partial charge in [-0.3, -0.25) is 10.1 Å². The Morgan fingerprint density at radius 3 is 2.81 bits per heavy atom. The van der Waals surface area contributed by atoms with E-state index in [2.05, 4.69) is 10.3 Å². The molecular formula is C20H19ClN2O3. The second-order valence-electron chi connectivity index (χ2n) is 6.60. The molecule has 0 aliphatic carbocycles. The SMILES string of the molecule is COc1cc(C)c(Cl)cc1C1NC(C(=O)O)Cc2c1[nH]c1ccccc21. The number of aromatic nitrogens is 1. The number of aliphatic carboxylic acids is 1. The number of hydrogen-bond acceptors (Lipinski definition) is 3. The van der Waals surface area contributed by atoms with E-state index >= 15 is 0 Å². The summed E-state index contributed by atoms with van der Waals surface area (Å²) < 4.78 is 5.56. The molecule has 5 nitrogen and oxygen atoms in total. The second kappa shape index (κ2) is 6.34. The van der Waals surface area contributed by atoms with Crippen molar-refractivity contribution in [2.24, 2.45) is 0 Å². The van der Waals surface area contributed by atoms with Crippen molar-refractivity contribution < 1.29 is 14.6 Å². The van der Waals surface area contributed by atoms with Crippen LogP contribution in [0.25, 0.3) is 10.9 Å². The number of ether oxygens (including phenoxy) is 1. The normalized spacial score (nSPS) is 19.3. The van der Waals surface area contributed by atoms with E-state index in [9.17, 15) is 9.90 Å². The molecule has 0 spiro atoms. The summed E-state index contributed by atoms with van der Waals surface area (Å²) in [6, 6.07) is 10.7. The first-order chi connectivity index (χ1) is 12.5. The Morgan fingerprint density at radius 2 is 2.08 bits per heavy atom. The Bertz CT molecular complexity index is 1010. The van der Waals surface area contributed by atoms with E-state index in [0.29, 0.717) is 17.2 Å². The molecule has 2 heterocycles. The Balaban J connectivity index is 1.94. The molecule has 0 bridgehead atoms. The fraction of sp³-hybridized carbons (Fsp3) is 0.250. The first-order valence-corrected chi connectivity index (χ1v) is 8.79. The van der Waals surface area contributed by atoms with Crippen molar-refractivity contribution in [3.05, 3.63) is 63.8 Å². The standard InChI is InChI=1S/C20H19ClN2O3/c1-10-7-17(26-2)13(8-14(10)21)19-18-12(9-16(23-19)20(24)25)11-5-3-4-6-15(11)22-18/h3-8,16,19,22-23H,9H2,1-2H3,(H,24,25). The molecule has 0 radical (unpaired) electrons. The topological polar surface area (TPSA) is 74.3 Å². The van der Waals surface area contributed by atoms with Crippen molar-refractivity contribution in [3.63, 3.8) is 0 Å². The molecule has 0 saturated heterocycles. The van der Waals surface area contributed by atoms with Gasteiger partial charge in [-0.2, -0.15) is 0 Å². The highest BCUT2D eigenvalue weighted by Crippen LogP contribution is 2.40. The second-order valence-corrected chi connectivity index (χ2v) is 7.01. The predicted molar refractivity (Wildman–Crippen MR) is 101 cm³/mol. The van der Waals surface area contributed by atoms with Crippen LogP contribution in [0.4, 0.5) is 0 Å². The third-order valence-corrected chi connectivity index (χ3v) is 5.44. The summed E-state index contributed by atoms with van der Waals surface area (Å²) >= 11 is 6.36. The van der Waals surface area contributed by atoms with Crippen LogP contribution in [-0.4, -0.2) is 29.2 Å². The van der Waals surface area contributed by atoms with Gasteiger partial charge in [-0.05, 0) is 36.2 Å². The Morgan fingerprint density at radius 1 is 1.31 bits per heavy atom. The highest BCUT2D eigenvalue weighted by Gasteiger charge is 2.35. The minimum absolute atomic E-state index is 0.347. The Hall–Kier alpha value is -2.50. The maximum absolute atomic E-state index is 11.7. The fourth-order valence-electron chi connectivity index (χ4n) is 3.71. The first kappa shape index (κ1) is 16.9. The Labute approximate surface area is 155 Å². The number of nitrogens with one attached hydrogen (secondary N) is 2. The molecule has 2 unspecified atom stereocenters. The lowest BCUT2D eigenvalue weighted by molar-refractivity contribution is -0.139. The maximum Gasteiger partial charge on any atom is 0.321 e. The number of carbonyl (C=O) groups is 1. The lowest BCUT2D eigenvalue weighted by Gasteiger charge is -2.30. The average molecular weight is 371 g/mol. The van der Waals surface area contributed by atoms with Gasteiger partial charge in [0.2, 0.25) is 0 Å². The zero-order chi connectivity index (χ0) is 18.4. The quantitative estimate of drug-likeness (QED) is 0.655. The number of H-pyrrole nitrogens is 1. The largest absolute Gasteiger partial charge is 0.496 e. The molecule has 0 saturated carbocycles. The minimum Gasteiger partial charge on any atom is -0.496 e. The van der Waals surface area contributed by atoms with Gasteiger partial charge in [0, 0.05) is 33.6 Å². The molecular weight excluding hydrogens is 352 g/mol. The molecule has 2 aromatic carbocycles. The molecule has 1 aliphatic rings. The monoisotopic (exact) mass is 370 g/mol. The summed E-state index contributed by atoms with van der Waals surface area (Å²) in [5.74, 6) is -0.192. The molecule has 4 rings (SSSR count). The van der Waals surface area contributed by atoms with Crippen molar-refractivity contribution in [2.75, 3.05) is 7.11 Å². The number of carboxylic acids is 1. The summed E-state index contributed by atoms with van der Waals surface area (Å²) in [7, 11) is 1.61. The molecule has 26 heavy (non-hydrogen) atoms. The van der Waals surface area contributed by atoms with Crippen LogP contribution >= 0.6 is 11.6 Å². The van der Waals surface area contributed by atoms with E-state index in [-0.39, 0.29) is 6.04 Å². The zero-order valence-electron chi connectivity index (χ0n) is 14.5. The fourth-order valence-corrected chi connectivity index (χ4v) is 3.88. The molecule has 3 N–H and O–H groups in total. The van der Waals surface area contributed by atoms with Crippen molar-refractivity contribution in [2.45, 2.75) is 25.4 Å². The van der Waals surface area contributed by atoms with Crippen LogP contribution in [0.1, 0.15) is 28.4 Å². The summed E-state index contributed by atoms with van der Waals surface area (Å²) in [5, 5.41) is 14.5. The highest BCUT2D eigenvalue weighted by molar-refractivity contribution is 6.31. The zero-order valence-corrected chi connectivity index (χ0v) is 15.2. The average Bonchev–Trinajstić information content (AvgIpc) is 3.01. The van der Waals surface area contributed by atoms with Crippen LogP contribution < -0.4 is 10.1 Å². The van der Waals surface area contributed by atoms with Gasteiger partial charge in [0.25, 0.3) is 0 Å². The van der Waals surface area contributed by atoms with Crippen LogP contribution in [-0.2, 0) is 11.2 Å². The van der Waals surface area contributed by atoms with Crippen LogP contribution in [0.3, 0.4) is 0 Å². The molecule has 134 valence electrons. The lowest BCUT2D eigenvalue weighted by atomic mass is 9.89. The third-order valence-electron chi connectivity index (χ3n) is 5.03. The number of halogens is 1. The number of aryl methyl sites for hydroxylation is 1. The van der Waals surface area contributed by atoms with Gasteiger partial charge >= 0.3 is 5.97 Å². The number of fused-ring (bicyclic) bond motifs is 3. The number of methoxy groups -OCH3 is 1. The maximum atomic E-state index is 11.7. The van der Waals surface area contributed by atoms with E-state index in [1.54, 1.807) is 7.11 Å². The van der Waals surface area contributed by atoms with Crippen LogP contribution in [0.5, 0.6) is 5.75 Å². The number of rotatable bonds is 3. The number of para-hydroxylation sites is 1. The molecule has 0 fully saturated rings. The van der Waals surface area contributed by atoms with Gasteiger partial charge in [-0.25, -0.2) is 0 Å². The molecule has 3 aromatic rings. The van der Waals surface area contributed by atoms with Gasteiger partial charge in [0.05, 0.1) is 13.2 Å². The van der Waals surface area contributed by atoms with E-state index in [0.717, 1.165) is 33.3 Å². The van der Waals surface area contributed by atoms with Crippen molar-refractivity contribution in [3.8, 4) is 5.75 Å². The van der Waals surface area contributed by atoms with Crippen molar-refractivity contribution in [1.29, 1.82) is 0 Å². The summed E-state index contributed by atoms with van der Waals surface area (Å²) in [5.41, 5.74) is 4.71. The molecule has 1 aliphatic heterocycles. The van der Waals surface area contributed by atoms with Gasteiger partial charge < -0.3 is 14.8 Å². The molecule has 1 aromatic heterocycles. The van der Waals surface area contributed by atoms with Crippen molar-refractivity contribution >= 4 is 28.5 Å². The van der Waals surface area contributed by atoms with Crippen LogP contribution in [0.15, 0.2) is 36.4 Å². The van der Waals surface area contributed by atoms with Crippen molar-refractivity contribution in [1.82, 2.24) is 10.3 Å². The number of hydrogen-bond donors (Lipinski definition) is 3. The van der Waals surface area contributed by atoms with E-state index in [4.69, 9.17) is 16.3 Å². The smallest absolute Gasteiger partial charge is 0.321 e. The van der Waals surface area contributed by atoms with Gasteiger partial charge in [-0.1, -0.05) is 29.8 Å². The minimum atomic E-state index is -0.872. The number of aromatic amines is 1. The Kier molecular flexibility index (Phi) is 4.13. The number of benzene rings is 2.